The van der Waals surface area contributed by atoms with Gasteiger partial charge in [0.15, 0.2) is 0 Å². The minimum absolute atomic E-state index is 1.09. The maximum absolute atomic E-state index is 2.38. The average molecular weight is 804 g/mol. The zero-order valence-corrected chi connectivity index (χ0v) is 34.5. The van der Waals surface area contributed by atoms with Crippen molar-refractivity contribution in [2.24, 2.45) is 0 Å². The van der Waals surface area contributed by atoms with Crippen LogP contribution in [-0.4, -0.2) is 9.13 Å². The summed E-state index contributed by atoms with van der Waals surface area (Å²) < 4.78 is 4.75. The van der Waals surface area contributed by atoms with E-state index in [1.165, 1.54) is 82.7 Å². The molecular formula is C60H41N3. The molecule has 0 N–H and O–H groups in total. The summed E-state index contributed by atoms with van der Waals surface area (Å²) in [4.78, 5) is 2.35. The number of rotatable bonds is 8. The largest absolute Gasteiger partial charge is 0.311 e. The molecule has 0 unspecified atom stereocenters. The summed E-state index contributed by atoms with van der Waals surface area (Å²) in [5, 5.41) is 5.05. The Morgan fingerprint density at radius 3 is 1.03 bits per heavy atom. The van der Waals surface area contributed by atoms with Gasteiger partial charge in [0.1, 0.15) is 0 Å². The normalized spacial score (nSPS) is 11.5. The van der Waals surface area contributed by atoms with Gasteiger partial charge < -0.3 is 14.0 Å². The van der Waals surface area contributed by atoms with Crippen molar-refractivity contribution < 1.29 is 0 Å². The Morgan fingerprint density at radius 1 is 0.222 bits per heavy atom. The summed E-state index contributed by atoms with van der Waals surface area (Å²) in [5.74, 6) is 0. The van der Waals surface area contributed by atoms with E-state index >= 15 is 0 Å². The highest BCUT2D eigenvalue weighted by atomic mass is 15.1. The maximum atomic E-state index is 2.38. The Labute approximate surface area is 366 Å². The molecule has 0 fully saturated rings. The minimum atomic E-state index is 1.09. The molecule has 2 heterocycles. The first-order valence-corrected chi connectivity index (χ1v) is 21.6. The Morgan fingerprint density at radius 2 is 0.540 bits per heavy atom. The van der Waals surface area contributed by atoms with Crippen molar-refractivity contribution in [2.45, 2.75) is 0 Å². The fourth-order valence-corrected chi connectivity index (χ4v) is 9.50. The zero-order chi connectivity index (χ0) is 41.7. The molecule has 0 saturated carbocycles. The van der Waals surface area contributed by atoms with Gasteiger partial charge in [-0.05, 0) is 118 Å². The molecule has 2 aromatic heterocycles. The van der Waals surface area contributed by atoms with E-state index in [1.807, 2.05) is 0 Å². The van der Waals surface area contributed by atoms with Gasteiger partial charge in [0.05, 0.1) is 22.1 Å². The predicted octanol–water partition coefficient (Wildman–Crippen LogP) is 16.4. The number of benzene rings is 10. The number of nitrogens with zero attached hydrogens (tertiary/aromatic N) is 3. The van der Waals surface area contributed by atoms with Crippen LogP contribution in [0.15, 0.2) is 249 Å². The third kappa shape index (κ3) is 6.38. The molecule has 0 aliphatic carbocycles. The summed E-state index contributed by atoms with van der Waals surface area (Å²) >= 11 is 0. The minimum Gasteiger partial charge on any atom is -0.311 e. The van der Waals surface area contributed by atoms with Gasteiger partial charge in [0.2, 0.25) is 0 Å². The van der Waals surface area contributed by atoms with Crippen molar-refractivity contribution in [3.05, 3.63) is 249 Å². The van der Waals surface area contributed by atoms with Crippen molar-refractivity contribution in [2.75, 3.05) is 4.90 Å². The first-order chi connectivity index (χ1) is 31.2. The molecule has 0 amide bonds. The van der Waals surface area contributed by atoms with Crippen LogP contribution < -0.4 is 4.90 Å². The quantitative estimate of drug-likeness (QED) is 0.149. The van der Waals surface area contributed by atoms with Gasteiger partial charge in [-0.15, -0.1) is 0 Å². The fraction of sp³-hybridized carbons (Fsp3) is 0. The molecule has 296 valence electrons. The van der Waals surface area contributed by atoms with Crippen molar-refractivity contribution in [1.29, 1.82) is 0 Å². The lowest BCUT2D eigenvalue weighted by molar-refractivity contribution is 1.17. The van der Waals surface area contributed by atoms with E-state index in [-0.39, 0.29) is 0 Å². The summed E-state index contributed by atoms with van der Waals surface area (Å²) in [6.45, 7) is 0. The van der Waals surface area contributed by atoms with Gasteiger partial charge in [0, 0.05) is 50.0 Å². The molecule has 0 aliphatic rings. The van der Waals surface area contributed by atoms with Crippen LogP contribution in [0.5, 0.6) is 0 Å². The van der Waals surface area contributed by atoms with E-state index in [2.05, 4.69) is 263 Å². The number of aromatic nitrogens is 2. The maximum Gasteiger partial charge on any atom is 0.0547 e. The first-order valence-electron chi connectivity index (χ1n) is 21.6. The summed E-state index contributed by atoms with van der Waals surface area (Å²) in [6, 6.07) is 90.0. The standard InChI is InChI=1S/C60H41N3/c1-3-13-42(14-4-1)44-27-32-49(33-28-44)61(51-36-38-52(39-37-51)62-57-20-10-7-17-53(57)54-18-8-11-21-58(54)62)50-34-29-45(30-35-50)43-23-25-46(26-24-43)47-31-40-56-55-19-9-12-22-59(55)63(60(56)41-47)48-15-5-2-6-16-48/h1-41H. The van der Waals surface area contributed by atoms with Gasteiger partial charge in [-0.3, -0.25) is 0 Å². The number of para-hydroxylation sites is 4. The van der Waals surface area contributed by atoms with Crippen LogP contribution in [0.3, 0.4) is 0 Å². The van der Waals surface area contributed by atoms with E-state index < -0.39 is 0 Å². The molecule has 0 spiro atoms. The number of fused-ring (bicyclic) bond motifs is 6. The molecule has 12 aromatic rings. The van der Waals surface area contributed by atoms with E-state index in [4.69, 9.17) is 0 Å². The zero-order valence-electron chi connectivity index (χ0n) is 34.5. The van der Waals surface area contributed by atoms with Crippen molar-refractivity contribution in [1.82, 2.24) is 9.13 Å². The molecule has 0 saturated heterocycles. The summed E-state index contributed by atoms with van der Waals surface area (Å²) in [5.41, 5.74) is 17.6. The molecule has 0 radical (unpaired) electrons. The van der Waals surface area contributed by atoms with Crippen molar-refractivity contribution >= 4 is 60.7 Å². The first kappa shape index (κ1) is 36.5. The van der Waals surface area contributed by atoms with Gasteiger partial charge >= 0.3 is 0 Å². The highest BCUT2D eigenvalue weighted by Crippen LogP contribution is 2.40. The van der Waals surface area contributed by atoms with E-state index in [0.29, 0.717) is 0 Å². The molecule has 3 nitrogen and oxygen atoms in total. The third-order valence-corrected chi connectivity index (χ3v) is 12.5. The smallest absolute Gasteiger partial charge is 0.0547 e. The topological polar surface area (TPSA) is 13.1 Å². The number of hydrogen-bond acceptors (Lipinski definition) is 1. The van der Waals surface area contributed by atoms with Crippen LogP contribution in [0.4, 0.5) is 17.1 Å². The molecule has 0 atom stereocenters. The Hall–Kier alpha value is -8.40. The number of hydrogen-bond donors (Lipinski definition) is 0. The highest BCUT2D eigenvalue weighted by molar-refractivity contribution is 6.11. The highest BCUT2D eigenvalue weighted by Gasteiger charge is 2.17. The molecular weight excluding hydrogens is 763 g/mol. The predicted molar refractivity (Wildman–Crippen MR) is 266 cm³/mol. The monoisotopic (exact) mass is 803 g/mol. The summed E-state index contributed by atoms with van der Waals surface area (Å²) in [7, 11) is 0. The second-order valence-corrected chi connectivity index (χ2v) is 16.2. The number of anilines is 3. The summed E-state index contributed by atoms with van der Waals surface area (Å²) in [6.07, 6.45) is 0. The molecule has 12 rings (SSSR count). The third-order valence-electron chi connectivity index (χ3n) is 12.5. The second-order valence-electron chi connectivity index (χ2n) is 16.2. The molecule has 3 heteroatoms. The molecule has 0 bridgehead atoms. The van der Waals surface area contributed by atoms with Crippen LogP contribution in [0.25, 0.3) is 88.4 Å². The lowest BCUT2D eigenvalue weighted by atomic mass is 9.99. The van der Waals surface area contributed by atoms with E-state index in [1.54, 1.807) is 0 Å². The lowest BCUT2D eigenvalue weighted by Gasteiger charge is -2.26. The Balaban J connectivity index is 0.883. The Bertz CT molecular complexity index is 3510. The van der Waals surface area contributed by atoms with Crippen molar-refractivity contribution in [3.63, 3.8) is 0 Å². The van der Waals surface area contributed by atoms with Crippen LogP contribution in [0, 0.1) is 0 Å². The van der Waals surface area contributed by atoms with Crippen molar-refractivity contribution in [3.8, 4) is 44.8 Å². The van der Waals surface area contributed by atoms with Crippen LogP contribution >= 0.6 is 0 Å². The van der Waals surface area contributed by atoms with Gasteiger partial charge in [-0.1, -0.05) is 164 Å². The molecule has 10 aromatic carbocycles. The van der Waals surface area contributed by atoms with Gasteiger partial charge in [0.25, 0.3) is 0 Å². The van der Waals surface area contributed by atoms with Crippen LogP contribution in [0.2, 0.25) is 0 Å². The second kappa shape index (κ2) is 15.3. The van der Waals surface area contributed by atoms with Gasteiger partial charge in [-0.2, -0.15) is 0 Å². The van der Waals surface area contributed by atoms with E-state index in [9.17, 15) is 0 Å². The van der Waals surface area contributed by atoms with Crippen LogP contribution in [-0.2, 0) is 0 Å². The average Bonchev–Trinajstić information content (AvgIpc) is 3.88. The van der Waals surface area contributed by atoms with Gasteiger partial charge in [-0.25, -0.2) is 0 Å². The molecule has 63 heavy (non-hydrogen) atoms. The SMILES string of the molecule is c1ccc(-c2ccc(N(c3ccc(-c4ccc(-c5ccc6c7ccccc7n(-c7ccccc7)c6c5)cc4)cc3)c3ccc(-n4c5ccccc5c5ccccc54)cc3)cc2)cc1. The Kier molecular flexibility index (Phi) is 8.83. The molecule has 0 aliphatic heterocycles. The van der Waals surface area contributed by atoms with Crippen LogP contribution in [0.1, 0.15) is 0 Å². The fourth-order valence-electron chi connectivity index (χ4n) is 9.50. The van der Waals surface area contributed by atoms with E-state index in [0.717, 1.165) is 22.7 Å². The lowest BCUT2D eigenvalue weighted by Crippen LogP contribution is -2.10.